The summed E-state index contributed by atoms with van der Waals surface area (Å²) in [5, 5.41) is 0. The molecular weight excluding hydrogens is 230 g/mol. The molecule has 1 unspecified atom stereocenters. The van der Waals surface area contributed by atoms with Gasteiger partial charge >= 0.3 is 0 Å². The van der Waals surface area contributed by atoms with Gasteiger partial charge in [0.1, 0.15) is 0 Å². The second-order valence-electron chi connectivity index (χ2n) is 6.76. The lowest BCUT2D eigenvalue weighted by Gasteiger charge is -2.27. The maximum atomic E-state index is 6.53. The Kier molecular flexibility index (Phi) is 5.61. The average molecular weight is 261 g/mol. The molecule has 2 N–H and O–H groups in total. The van der Waals surface area contributed by atoms with Gasteiger partial charge in [-0.2, -0.15) is 0 Å². The van der Waals surface area contributed by atoms with Crippen LogP contribution in [0, 0.1) is 5.41 Å². The van der Waals surface area contributed by atoms with Crippen molar-refractivity contribution in [1.29, 1.82) is 0 Å². The molecule has 1 nitrogen and oxygen atoms in total. The summed E-state index contributed by atoms with van der Waals surface area (Å²) in [5.41, 5.74) is 12.6. The van der Waals surface area contributed by atoms with Crippen LogP contribution in [-0.2, 0) is 19.3 Å². The average Bonchev–Trinajstić information content (AvgIpc) is 2.34. The molecule has 0 aliphatic carbocycles. The molecule has 0 aliphatic rings. The van der Waals surface area contributed by atoms with Crippen molar-refractivity contribution < 1.29 is 0 Å². The smallest absolute Gasteiger partial charge is 0.0305 e. The molecule has 19 heavy (non-hydrogen) atoms. The molecule has 0 heterocycles. The quantitative estimate of drug-likeness (QED) is 0.808. The summed E-state index contributed by atoms with van der Waals surface area (Å²) in [7, 11) is 0. The zero-order valence-corrected chi connectivity index (χ0v) is 13.6. The molecule has 0 spiro atoms. The van der Waals surface area contributed by atoms with Gasteiger partial charge in [-0.1, -0.05) is 53.7 Å². The zero-order chi connectivity index (χ0) is 14.6. The summed E-state index contributed by atoms with van der Waals surface area (Å²) in [6.45, 7) is 13.5. The van der Waals surface area contributed by atoms with Crippen LogP contribution in [0.1, 0.15) is 76.3 Å². The van der Waals surface area contributed by atoms with E-state index in [0.717, 1.165) is 25.7 Å². The second-order valence-corrected chi connectivity index (χ2v) is 6.76. The molecular formula is C18H31N. The summed E-state index contributed by atoms with van der Waals surface area (Å²) in [6, 6.07) is 4.88. The van der Waals surface area contributed by atoms with Gasteiger partial charge < -0.3 is 5.73 Å². The third-order valence-electron chi connectivity index (χ3n) is 3.78. The molecule has 0 fully saturated rings. The van der Waals surface area contributed by atoms with Gasteiger partial charge in [0.15, 0.2) is 0 Å². The van der Waals surface area contributed by atoms with Crippen molar-refractivity contribution in [1.82, 2.24) is 0 Å². The molecule has 0 bridgehead atoms. The third-order valence-corrected chi connectivity index (χ3v) is 3.78. The van der Waals surface area contributed by atoms with E-state index in [2.05, 4.69) is 53.7 Å². The minimum Gasteiger partial charge on any atom is -0.324 e. The van der Waals surface area contributed by atoms with E-state index in [0.29, 0.717) is 0 Å². The molecule has 1 atom stereocenters. The minimum absolute atomic E-state index is 0.163. The summed E-state index contributed by atoms with van der Waals surface area (Å²) in [5.74, 6) is 0. The number of hydrogen-bond acceptors (Lipinski definition) is 1. The monoisotopic (exact) mass is 261 g/mol. The SMILES string of the molecule is CCc1cc(CC)c(C(N)CC(C)(C)C)c(CC)c1. The van der Waals surface area contributed by atoms with Crippen molar-refractivity contribution in [3.05, 3.63) is 34.4 Å². The zero-order valence-electron chi connectivity index (χ0n) is 13.6. The standard InChI is InChI=1S/C18H31N/c1-7-13-10-14(8-2)17(15(9-3)11-13)16(19)12-18(4,5)6/h10-11,16H,7-9,12,19H2,1-6H3. The van der Waals surface area contributed by atoms with Gasteiger partial charge in [0.25, 0.3) is 0 Å². The number of nitrogens with two attached hydrogens (primary N) is 1. The van der Waals surface area contributed by atoms with Gasteiger partial charge in [-0.15, -0.1) is 0 Å². The minimum atomic E-state index is 0.163. The Morgan fingerprint density at radius 1 is 0.947 bits per heavy atom. The molecule has 1 rings (SSSR count). The van der Waals surface area contributed by atoms with E-state index in [1.54, 1.807) is 0 Å². The van der Waals surface area contributed by atoms with Crippen LogP contribution in [-0.4, -0.2) is 0 Å². The van der Waals surface area contributed by atoms with Crippen LogP contribution in [0.5, 0.6) is 0 Å². The van der Waals surface area contributed by atoms with Crippen molar-refractivity contribution in [3.63, 3.8) is 0 Å². The molecule has 1 aromatic carbocycles. The third kappa shape index (κ3) is 4.35. The van der Waals surface area contributed by atoms with Gasteiger partial charge in [0.05, 0.1) is 0 Å². The lowest BCUT2D eigenvalue weighted by Crippen LogP contribution is -2.21. The topological polar surface area (TPSA) is 26.0 Å². The van der Waals surface area contributed by atoms with E-state index in [9.17, 15) is 0 Å². The Morgan fingerprint density at radius 2 is 1.42 bits per heavy atom. The molecule has 1 heteroatoms. The number of rotatable bonds is 5. The number of benzene rings is 1. The lowest BCUT2D eigenvalue weighted by atomic mass is 9.81. The summed E-state index contributed by atoms with van der Waals surface area (Å²) < 4.78 is 0. The van der Waals surface area contributed by atoms with Crippen molar-refractivity contribution in [2.75, 3.05) is 0 Å². The van der Waals surface area contributed by atoms with Gasteiger partial charge in [-0.3, -0.25) is 0 Å². The van der Waals surface area contributed by atoms with Crippen LogP contribution in [0.15, 0.2) is 12.1 Å². The lowest BCUT2D eigenvalue weighted by molar-refractivity contribution is 0.341. The molecule has 0 saturated heterocycles. The Hall–Kier alpha value is -0.820. The highest BCUT2D eigenvalue weighted by Gasteiger charge is 2.21. The summed E-state index contributed by atoms with van der Waals surface area (Å²) >= 11 is 0. The largest absolute Gasteiger partial charge is 0.324 e. The van der Waals surface area contributed by atoms with Crippen molar-refractivity contribution in [2.24, 2.45) is 11.1 Å². The second kappa shape index (κ2) is 6.56. The van der Waals surface area contributed by atoms with E-state index in [4.69, 9.17) is 5.73 Å². The highest BCUT2D eigenvalue weighted by Crippen LogP contribution is 2.32. The molecule has 0 radical (unpaired) electrons. The Bertz CT molecular complexity index is 387. The summed E-state index contributed by atoms with van der Waals surface area (Å²) in [6.07, 6.45) is 4.30. The van der Waals surface area contributed by atoms with Gasteiger partial charge in [-0.25, -0.2) is 0 Å². The molecule has 0 aromatic heterocycles. The van der Waals surface area contributed by atoms with E-state index in [1.165, 1.54) is 22.3 Å². The van der Waals surface area contributed by atoms with Crippen molar-refractivity contribution in [2.45, 2.75) is 73.3 Å². The Labute approximate surface area is 119 Å². The van der Waals surface area contributed by atoms with Crippen LogP contribution >= 0.6 is 0 Å². The molecule has 0 aliphatic heterocycles. The maximum absolute atomic E-state index is 6.53. The fraction of sp³-hybridized carbons (Fsp3) is 0.667. The van der Waals surface area contributed by atoms with Gasteiger partial charge in [-0.05, 0) is 53.4 Å². The highest BCUT2D eigenvalue weighted by molar-refractivity contribution is 5.41. The maximum Gasteiger partial charge on any atom is 0.0305 e. The Morgan fingerprint density at radius 3 is 1.74 bits per heavy atom. The van der Waals surface area contributed by atoms with E-state index in [-0.39, 0.29) is 11.5 Å². The fourth-order valence-electron chi connectivity index (χ4n) is 2.88. The van der Waals surface area contributed by atoms with E-state index in [1.807, 2.05) is 0 Å². The molecule has 108 valence electrons. The van der Waals surface area contributed by atoms with Crippen LogP contribution in [0.25, 0.3) is 0 Å². The van der Waals surface area contributed by atoms with Crippen LogP contribution in [0.2, 0.25) is 0 Å². The van der Waals surface area contributed by atoms with Crippen molar-refractivity contribution in [3.8, 4) is 0 Å². The number of aryl methyl sites for hydroxylation is 3. The van der Waals surface area contributed by atoms with Crippen LogP contribution in [0.3, 0.4) is 0 Å². The predicted molar refractivity (Wildman–Crippen MR) is 85.6 cm³/mol. The molecule has 0 amide bonds. The van der Waals surface area contributed by atoms with Crippen LogP contribution < -0.4 is 5.73 Å². The van der Waals surface area contributed by atoms with E-state index >= 15 is 0 Å². The highest BCUT2D eigenvalue weighted by atomic mass is 14.6. The van der Waals surface area contributed by atoms with Gasteiger partial charge in [0, 0.05) is 6.04 Å². The Balaban J connectivity index is 3.23. The predicted octanol–water partition coefficient (Wildman–Crippen LogP) is 4.81. The van der Waals surface area contributed by atoms with Gasteiger partial charge in [0.2, 0.25) is 0 Å². The first-order chi connectivity index (χ1) is 8.82. The first-order valence-electron chi connectivity index (χ1n) is 7.72. The van der Waals surface area contributed by atoms with E-state index < -0.39 is 0 Å². The first-order valence-corrected chi connectivity index (χ1v) is 7.72. The molecule has 0 saturated carbocycles. The first kappa shape index (κ1) is 16.2. The fourth-order valence-corrected chi connectivity index (χ4v) is 2.88. The van der Waals surface area contributed by atoms with Crippen LogP contribution in [0.4, 0.5) is 0 Å². The molecule has 1 aromatic rings. The van der Waals surface area contributed by atoms with Crippen molar-refractivity contribution >= 4 is 0 Å². The number of hydrogen-bond donors (Lipinski definition) is 1. The summed E-state index contributed by atoms with van der Waals surface area (Å²) in [4.78, 5) is 0. The normalized spacial score (nSPS) is 13.6.